The van der Waals surface area contributed by atoms with Crippen molar-refractivity contribution >= 4 is 12.4 Å². The maximum absolute atomic E-state index is 11.9. The van der Waals surface area contributed by atoms with E-state index >= 15 is 0 Å². The van der Waals surface area contributed by atoms with Crippen molar-refractivity contribution in [2.24, 2.45) is 0 Å². The summed E-state index contributed by atoms with van der Waals surface area (Å²) in [6.45, 7) is 1.87. The van der Waals surface area contributed by atoms with E-state index < -0.39 is 0 Å². The van der Waals surface area contributed by atoms with Crippen molar-refractivity contribution in [3.05, 3.63) is 40.9 Å². The molecule has 0 amide bonds. The Bertz CT molecular complexity index is 574. The van der Waals surface area contributed by atoms with Gasteiger partial charge in [-0.2, -0.15) is 5.10 Å². The lowest BCUT2D eigenvalue weighted by atomic mass is 10.1. The highest BCUT2D eigenvalue weighted by Gasteiger charge is 2.17. The van der Waals surface area contributed by atoms with Gasteiger partial charge in [-0.25, -0.2) is 4.68 Å². The summed E-state index contributed by atoms with van der Waals surface area (Å²) >= 11 is 0. The molecule has 2 aromatic rings. The van der Waals surface area contributed by atoms with Crippen LogP contribution in [0.2, 0.25) is 0 Å². The molecule has 0 aromatic carbocycles. The summed E-state index contributed by atoms with van der Waals surface area (Å²) in [6, 6.07) is 7.12. The van der Waals surface area contributed by atoms with Crippen molar-refractivity contribution in [1.82, 2.24) is 15.1 Å². The Hall–Kier alpha value is -1.59. The summed E-state index contributed by atoms with van der Waals surface area (Å²) in [7, 11) is 0. The number of nitrogens with zero attached hydrogens (tertiary/aromatic N) is 2. The summed E-state index contributed by atoms with van der Waals surface area (Å²) in [5, 5.41) is 7.71. The zero-order valence-electron chi connectivity index (χ0n) is 10.4. The third-order valence-corrected chi connectivity index (χ3v) is 3.25. The van der Waals surface area contributed by atoms with Crippen molar-refractivity contribution in [1.29, 1.82) is 0 Å². The average molecular weight is 282 g/mol. The lowest BCUT2D eigenvalue weighted by molar-refractivity contribution is 0.332. The number of furan rings is 1. The second kappa shape index (κ2) is 6.04. The number of halogens is 1. The smallest absolute Gasteiger partial charge is 0.267 e. The molecule has 0 atom stereocenters. The van der Waals surface area contributed by atoms with E-state index in [2.05, 4.69) is 10.4 Å². The molecule has 0 radical (unpaired) electrons. The summed E-state index contributed by atoms with van der Waals surface area (Å²) in [6.07, 6.45) is 3.49. The molecule has 1 N–H and O–H groups in total. The lowest BCUT2D eigenvalue weighted by Gasteiger charge is -2.23. The number of hydrogen-bond donors (Lipinski definition) is 1. The van der Waals surface area contributed by atoms with Gasteiger partial charge in [0.25, 0.3) is 5.56 Å². The molecule has 0 aliphatic carbocycles. The van der Waals surface area contributed by atoms with Gasteiger partial charge in [-0.1, -0.05) is 0 Å². The number of piperidine rings is 1. The van der Waals surface area contributed by atoms with Crippen molar-refractivity contribution < 1.29 is 4.42 Å². The van der Waals surface area contributed by atoms with E-state index in [9.17, 15) is 4.79 Å². The van der Waals surface area contributed by atoms with Crippen LogP contribution < -0.4 is 10.9 Å². The third-order valence-electron chi connectivity index (χ3n) is 3.25. The minimum atomic E-state index is -0.0443. The van der Waals surface area contributed by atoms with E-state index in [1.54, 1.807) is 23.1 Å². The molecule has 5 nitrogen and oxygen atoms in total. The van der Waals surface area contributed by atoms with E-state index in [4.69, 9.17) is 4.42 Å². The van der Waals surface area contributed by atoms with Gasteiger partial charge in [-0.05, 0) is 44.1 Å². The molecular formula is C13H16ClN3O2. The zero-order valence-corrected chi connectivity index (χ0v) is 11.2. The Balaban J connectivity index is 0.00000133. The van der Waals surface area contributed by atoms with Crippen molar-refractivity contribution in [3.63, 3.8) is 0 Å². The predicted octanol–water partition coefficient (Wildman–Crippen LogP) is 1.85. The molecule has 0 saturated carbocycles. The molecule has 3 heterocycles. The van der Waals surface area contributed by atoms with Crippen molar-refractivity contribution in [2.45, 2.75) is 18.9 Å². The van der Waals surface area contributed by atoms with Crippen LogP contribution in [-0.4, -0.2) is 22.9 Å². The Morgan fingerprint density at radius 2 is 2.05 bits per heavy atom. The predicted molar refractivity (Wildman–Crippen MR) is 74.6 cm³/mol. The first-order valence-corrected chi connectivity index (χ1v) is 6.19. The maximum Gasteiger partial charge on any atom is 0.267 e. The number of rotatable bonds is 2. The standard InChI is InChI=1S/C13H15N3O2.ClH/c17-13-4-3-11(12-2-1-9-18-12)15-16(13)10-5-7-14-8-6-10;/h1-4,9-10,14H,5-8H2;1H. The molecule has 2 aromatic heterocycles. The fourth-order valence-electron chi connectivity index (χ4n) is 2.29. The molecular weight excluding hydrogens is 266 g/mol. The van der Waals surface area contributed by atoms with E-state index in [1.807, 2.05) is 12.1 Å². The van der Waals surface area contributed by atoms with Gasteiger partial charge in [0, 0.05) is 6.07 Å². The molecule has 1 aliphatic rings. The largest absolute Gasteiger partial charge is 0.463 e. The van der Waals surface area contributed by atoms with E-state index in [0.29, 0.717) is 11.5 Å². The Morgan fingerprint density at radius 3 is 2.74 bits per heavy atom. The minimum Gasteiger partial charge on any atom is -0.463 e. The molecule has 1 aliphatic heterocycles. The van der Waals surface area contributed by atoms with Crippen LogP contribution in [0.5, 0.6) is 0 Å². The summed E-state index contributed by atoms with van der Waals surface area (Å²) in [5.74, 6) is 0.692. The summed E-state index contributed by atoms with van der Waals surface area (Å²) < 4.78 is 6.91. The number of aromatic nitrogens is 2. The Morgan fingerprint density at radius 1 is 1.26 bits per heavy atom. The minimum absolute atomic E-state index is 0. The van der Waals surface area contributed by atoms with E-state index in [0.717, 1.165) is 25.9 Å². The molecule has 1 saturated heterocycles. The molecule has 102 valence electrons. The zero-order chi connectivity index (χ0) is 12.4. The molecule has 1 fully saturated rings. The highest BCUT2D eigenvalue weighted by molar-refractivity contribution is 5.85. The first-order chi connectivity index (χ1) is 8.84. The second-order valence-corrected chi connectivity index (χ2v) is 4.46. The first kappa shape index (κ1) is 13.8. The van der Waals surface area contributed by atoms with Crippen molar-refractivity contribution in [2.75, 3.05) is 13.1 Å². The Labute approximate surface area is 117 Å². The van der Waals surface area contributed by atoms with Gasteiger partial charge in [0.05, 0.1) is 12.3 Å². The van der Waals surface area contributed by atoms with Gasteiger partial charge in [0.1, 0.15) is 5.69 Å². The fraction of sp³-hybridized carbons (Fsp3) is 0.385. The van der Waals surface area contributed by atoms with Crippen LogP contribution >= 0.6 is 12.4 Å². The molecule has 0 spiro atoms. The summed E-state index contributed by atoms with van der Waals surface area (Å²) in [5.41, 5.74) is 0.662. The normalized spacial score (nSPS) is 16.0. The molecule has 0 unspecified atom stereocenters. The molecule has 19 heavy (non-hydrogen) atoms. The van der Waals surface area contributed by atoms with Gasteiger partial charge in [0.2, 0.25) is 0 Å². The van der Waals surface area contributed by atoms with Crippen molar-refractivity contribution in [3.8, 4) is 11.5 Å². The fourth-order valence-corrected chi connectivity index (χ4v) is 2.29. The topological polar surface area (TPSA) is 60.1 Å². The Kier molecular flexibility index (Phi) is 4.39. The highest BCUT2D eigenvalue weighted by atomic mass is 35.5. The second-order valence-electron chi connectivity index (χ2n) is 4.46. The molecule has 0 bridgehead atoms. The lowest BCUT2D eigenvalue weighted by Crippen LogP contribution is -2.35. The van der Waals surface area contributed by atoms with Gasteiger partial charge >= 0.3 is 0 Å². The van der Waals surface area contributed by atoms with Crippen LogP contribution in [0.15, 0.2) is 39.7 Å². The van der Waals surface area contributed by atoms with Gasteiger partial charge < -0.3 is 9.73 Å². The van der Waals surface area contributed by atoms with Crippen LogP contribution in [0.3, 0.4) is 0 Å². The van der Waals surface area contributed by atoms with Crippen LogP contribution in [0.25, 0.3) is 11.5 Å². The average Bonchev–Trinajstić information content (AvgIpc) is 2.94. The summed E-state index contributed by atoms with van der Waals surface area (Å²) in [4.78, 5) is 11.9. The number of hydrogen-bond acceptors (Lipinski definition) is 4. The van der Waals surface area contributed by atoms with E-state index in [-0.39, 0.29) is 24.0 Å². The van der Waals surface area contributed by atoms with Gasteiger partial charge in [-0.3, -0.25) is 4.79 Å². The van der Waals surface area contributed by atoms with Crippen LogP contribution in [0, 0.1) is 0 Å². The first-order valence-electron chi connectivity index (χ1n) is 6.19. The third kappa shape index (κ3) is 2.88. The quantitative estimate of drug-likeness (QED) is 0.913. The molecule has 6 heteroatoms. The number of nitrogens with one attached hydrogen (secondary N) is 1. The monoisotopic (exact) mass is 281 g/mol. The van der Waals surface area contributed by atoms with Gasteiger partial charge in [0.15, 0.2) is 5.76 Å². The SMILES string of the molecule is Cl.O=c1ccc(-c2ccco2)nn1C1CCNCC1. The molecule has 3 rings (SSSR count). The maximum atomic E-state index is 11.9. The van der Waals surface area contributed by atoms with Crippen LogP contribution in [0.4, 0.5) is 0 Å². The van der Waals surface area contributed by atoms with Crippen LogP contribution in [-0.2, 0) is 0 Å². The highest BCUT2D eigenvalue weighted by Crippen LogP contribution is 2.19. The van der Waals surface area contributed by atoms with Gasteiger partial charge in [-0.15, -0.1) is 12.4 Å². The van der Waals surface area contributed by atoms with E-state index in [1.165, 1.54) is 0 Å². The van der Waals surface area contributed by atoms with Crippen LogP contribution in [0.1, 0.15) is 18.9 Å².